The molecule has 0 aromatic heterocycles. The smallest absolute Gasteiger partial charge is 0.255 e. The highest BCUT2D eigenvalue weighted by molar-refractivity contribution is 6.04. The lowest BCUT2D eigenvalue weighted by Gasteiger charge is -2.08. The van der Waals surface area contributed by atoms with Crippen molar-refractivity contribution in [2.24, 2.45) is 0 Å². The Morgan fingerprint density at radius 3 is 2.40 bits per heavy atom. The van der Waals surface area contributed by atoms with Crippen LogP contribution in [0, 0.1) is 11.6 Å². The third-order valence-corrected chi connectivity index (χ3v) is 2.71. The number of nitrogens with one attached hydrogen (secondary N) is 2. The van der Waals surface area contributed by atoms with Crippen LogP contribution in [0.1, 0.15) is 17.3 Å². The van der Waals surface area contributed by atoms with Crippen molar-refractivity contribution < 1.29 is 13.6 Å². The van der Waals surface area contributed by atoms with E-state index in [-0.39, 0.29) is 5.69 Å². The van der Waals surface area contributed by atoms with Gasteiger partial charge in [0, 0.05) is 23.9 Å². The molecule has 2 aromatic carbocycles. The average molecular weight is 276 g/mol. The summed E-state index contributed by atoms with van der Waals surface area (Å²) in [5.41, 5.74) is 1.25. The van der Waals surface area contributed by atoms with Gasteiger partial charge in [-0.15, -0.1) is 0 Å². The monoisotopic (exact) mass is 276 g/mol. The summed E-state index contributed by atoms with van der Waals surface area (Å²) in [6.45, 7) is 2.75. The van der Waals surface area contributed by atoms with E-state index in [9.17, 15) is 13.6 Å². The third-order valence-electron chi connectivity index (χ3n) is 2.71. The SMILES string of the molecule is CCNc1ccc(C(=O)Nc2ccc(F)cc2F)cc1. The van der Waals surface area contributed by atoms with E-state index in [0.29, 0.717) is 5.56 Å². The summed E-state index contributed by atoms with van der Waals surface area (Å²) in [6.07, 6.45) is 0. The third kappa shape index (κ3) is 3.32. The highest BCUT2D eigenvalue weighted by Gasteiger charge is 2.09. The van der Waals surface area contributed by atoms with Crippen molar-refractivity contribution in [3.63, 3.8) is 0 Å². The molecule has 2 aromatic rings. The van der Waals surface area contributed by atoms with Crippen molar-refractivity contribution in [3.8, 4) is 0 Å². The molecule has 0 radical (unpaired) electrons. The summed E-state index contributed by atoms with van der Waals surface area (Å²) < 4.78 is 26.2. The van der Waals surface area contributed by atoms with Crippen LogP contribution in [0.15, 0.2) is 42.5 Å². The first-order valence-corrected chi connectivity index (χ1v) is 6.20. The first kappa shape index (κ1) is 14.0. The Labute approximate surface area is 115 Å². The molecule has 0 heterocycles. The van der Waals surface area contributed by atoms with Gasteiger partial charge in [0.05, 0.1) is 5.69 Å². The fraction of sp³-hybridized carbons (Fsp3) is 0.133. The van der Waals surface area contributed by atoms with Crippen molar-refractivity contribution in [2.75, 3.05) is 17.2 Å². The molecule has 2 rings (SSSR count). The van der Waals surface area contributed by atoms with Gasteiger partial charge in [0.25, 0.3) is 5.91 Å². The van der Waals surface area contributed by atoms with Crippen LogP contribution in [-0.2, 0) is 0 Å². The second kappa shape index (κ2) is 6.14. The first-order valence-electron chi connectivity index (χ1n) is 6.20. The van der Waals surface area contributed by atoms with Crippen LogP contribution in [0.3, 0.4) is 0 Å². The van der Waals surface area contributed by atoms with Crippen molar-refractivity contribution in [3.05, 3.63) is 59.7 Å². The topological polar surface area (TPSA) is 41.1 Å². The maximum atomic E-state index is 13.4. The van der Waals surface area contributed by atoms with E-state index >= 15 is 0 Å². The first-order chi connectivity index (χ1) is 9.60. The van der Waals surface area contributed by atoms with Gasteiger partial charge in [-0.2, -0.15) is 0 Å². The van der Waals surface area contributed by atoms with Gasteiger partial charge >= 0.3 is 0 Å². The minimum Gasteiger partial charge on any atom is -0.385 e. The largest absolute Gasteiger partial charge is 0.385 e. The lowest BCUT2D eigenvalue weighted by Crippen LogP contribution is -2.13. The van der Waals surface area contributed by atoms with Gasteiger partial charge in [-0.1, -0.05) is 0 Å². The number of carbonyl (C=O) groups is 1. The van der Waals surface area contributed by atoms with Gasteiger partial charge in [0.1, 0.15) is 11.6 Å². The number of amides is 1. The maximum absolute atomic E-state index is 13.4. The van der Waals surface area contributed by atoms with E-state index in [1.165, 1.54) is 6.07 Å². The van der Waals surface area contributed by atoms with E-state index < -0.39 is 17.5 Å². The predicted molar refractivity (Wildman–Crippen MR) is 74.9 cm³/mol. The molecule has 0 spiro atoms. The normalized spacial score (nSPS) is 10.2. The van der Waals surface area contributed by atoms with Gasteiger partial charge in [-0.3, -0.25) is 4.79 Å². The molecule has 0 atom stereocenters. The molecular weight excluding hydrogens is 262 g/mol. The standard InChI is InChI=1S/C15H14F2N2O/c1-2-18-12-6-3-10(4-7-12)15(20)19-14-8-5-11(16)9-13(14)17/h3-9,18H,2H2,1H3,(H,19,20). The lowest BCUT2D eigenvalue weighted by molar-refractivity contribution is 0.102. The van der Waals surface area contributed by atoms with Crippen LogP contribution in [0.4, 0.5) is 20.2 Å². The van der Waals surface area contributed by atoms with E-state index in [1.807, 2.05) is 6.92 Å². The molecular formula is C15H14F2N2O. The Hall–Kier alpha value is -2.43. The molecule has 0 fully saturated rings. The van der Waals surface area contributed by atoms with Crippen molar-refractivity contribution >= 4 is 17.3 Å². The predicted octanol–water partition coefficient (Wildman–Crippen LogP) is 3.65. The molecule has 5 heteroatoms. The quantitative estimate of drug-likeness (QED) is 0.895. The van der Waals surface area contributed by atoms with E-state index in [4.69, 9.17) is 0 Å². The maximum Gasteiger partial charge on any atom is 0.255 e. The van der Waals surface area contributed by atoms with Gasteiger partial charge < -0.3 is 10.6 Å². The molecule has 0 aliphatic rings. The van der Waals surface area contributed by atoms with Crippen molar-refractivity contribution in [1.29, 1.82) is 0 Å². The second-order valence-electron chi connectivity index (χ2n) is 4.19. The van der Waals surface area contributed by atoms with E-state index in [0.717, 1.165) is 24.4 Å². The Morgan fingerprint density at radius 2 is 1.80 bits per heavy atom. The summed E-state index contributed by atoms with van der Waals surface area (Å²) in [6, 6.07) is 9.80. The number of halogens is 2. The van der Waals surface area contributed by atoms with Crippen LogP contribution >= 0.6 is 0 Å². The molecule has 20 heavy (non-hydrogen) atoms. The summed E-state index contributed by atoms with van der Waals surface area (Å²) in [4.78, 5) is 11.9. The number of hydrogen-bond acceptors (Lipinski definition) is 2. The van der Waals surface area contributed by atoms with Gasteiger partial charge in [-0.05, 0) is 43.3 Å². The Kier molecular flexibility index (Phi) is 4.30. The van der Waals surface area contributed by atoms with Crippen LogP contribution in [-0.4, -0.2) is 12.5 Å². The minimum absolute atomic E-state index is 0.0489. The second-order valence-corrected chi connectivity index (χ2v) is 4.19. The van der Waals surface area contributed by atoms with Crippen molar-refractivity contribution in [2.45, 2.75) is 6.92 Å². The van der Waals surface area contributed by atoms with Crippen LogP contribution < -0.4 is 10.6 Å². The molecule has 0 bridgehead atoms. The number of hydrogen-bond donors (Lipinski definition) is 2. The fourth-order valence-corrected chi connectivity index (χ4v) is 1.73. The molecule has 2 N–H and O–H groups in total. The number of anilines is 2. The molecule has 0 unspecified atom stereocenters. The summed E-state index contributed by atoms with van der Waals surface area (Å²) >= 11 is 0. The highest BCUT2D eigenvalue weighted by Crippen LogP contribution is 2.17. The van der Waals surface area contributed by atoms with Crippen LogP contribution in [0.25, 0.3) is 0 Å². The number of benzene rings is 2. The van der Waals surface area contributed by atoms with Crippen LogP contribution in [0.2, 0.25) is 0 Å². The van der Waals surface area contributed by atoms with E-state index in [2.05, 4.69) is 10.6 Å². The zero-order valence-corrected chi connectivity index (χ0v) is 10.9. The average Bonchev–Trinajstić information content (AvgIpc) is 2.43. The lowest BCUT2D eigenvalue weighted by atomic mass is 10.2. The molecule has 0 saturated heterocycles. The van der Waals surface area contributed by atoms with Gasteiger partial charge in [-0.25, -0.2) is 8.78 Å². The molecule has 0 aliphatic heterocycles. The van der Waals surface area contributed by atoms with Crippen molar-refractivity contribution in [1.82, 2.24) is 0 Å². The minimum atomic E-state index is -0.803. The zero-order valence-electron chi connectivity index (χ0n) is 10.9. The Morgan fingerprint density at radius 1 is 1.10 bits per heavy atom. The Bertz CT molecular complexity index is 612. The van der Waals surface area contributed by atoms with Crippen LogP contribution in [0.5, 0.6) is 0 Å². The molecule has 1 amide bonds. The molecule has 0 aliphatic carbocycles. The van der Waals surface area contributed by atoms with Gasteiger partial charge in [0.2, 0.25) is 0 Å². The summed E-state index contributed by atoms with van der Waals surface area (Å²) in [7, 11) is 0. The van der Waals surface area contributed by atoms with Gasteiger partial charge in [0.15, 0.2) is 0 Å². The molecule has 104 valence electrons. The summed E-state index contributed by atoms with van der Waals surface area (Å²) in [5.74, 6) is -1.93. The van der Waals surface area contributed by atoms with E-state index in [1.54, 1.807) is 24.3 Å². The summed E-state index contributed by atoms with van der Waals surface area (Å²) in [5, 5.41) is 5.51. The Balaban J connectivity index is 2.11. The molecule has 3 nitrogen and oxygen atoms in total. The highest BCUT2D eigenvalue weighted by atomic mass is 19.1. The fourth-order valence-electron chi connectivity index (χ4n) is 1.73. The number of rotatable bonds is 4. The zero-order chi connectivity index (χ0) is 14.5. The number of carbonyl (C=O) groups excluding carboxylic acids is 1. The molecule has 0 saturated carbocycles.